The predicted molar refractivity (Wildman–Crippen MR) is 49.5 cm³/mol. The Morgan fingerprint density at radius 1 is 1.42 bits per heavy atom. The molecule has 0 unspecified atom stereocenters. The average Bonchev–Trinajstić information content (AvgIpc) is 2.13. The van der Waals surface area contributed by atoms with Crippen LogP contribution in [0.15, 0.2) is 28.9 Å². The van der Waals surface area contributed by atoms with Crippen LogP contribution >= 0.6 is 0 Å². The van der Waals surface area contributed by atoms with E-state index in [2.05, 4.69) is 37.9 Å². The van der Waals surface area contributed by atoms with Crippen molar-refractivity contribution < 1.29 is 58.2 Å². The van der Waals surface area contributed by atoms with Crippen LogP contribution in [0.2, 0.25) is 0 Å². The Labute approximate surface area is 124 Å². The van der Waals surface area contributed by atoms with Gasteiger partial charge in [-0.1, -0.05) is 20.1 Å². The van der Waals surface area contributed by atoms with E-state index in [1.807, 2.05) is 12.4 Å². The van der Waals surface area contributed by atoms with Crippen LogP contribution in [0.25, 0.3) is 0 Å². The van der Waals surface area contributed by atoms with Crippen molar-refractivity contribution in [2.24, 2.45) is 10.9 Å². The summed E-state index contributed by atoms with van der Waals surface area (Å²) in [5, 5.41) is 0. The van der Waals surface area contributed by atoms with Crippen molar-refractivity contribution in [2.45, 2.75) is 20.8 Å². The maximum atomic E-state index is 4.17. The molecule has 0 bridgehead atoms. The monoisotopic (exact) mass is 233 g/mol. The second kappa shape index (κ2) is 6.30. The largest absolute Gasteiger partial charge is 1.00 e. The zero-order valence-corrected chi connectivity index (χ0v) is 13.3. The normalized spacial score (nSPS) is 15.7. The van der Waals surface area contributed by atoms with E-state index in [-0.39, 0.29) is 58.2 Å². The summed E-state index contributed by atoms with van der Waals surface area (Å²) in [4.78, 5) is 4.17. The third kappa shape index (κ3) is 4.17. The van der Waals surface area contributed by atoms with Gasteiger partial charge >= 0.3 is 58.2 Å². The molecule has 0 fully saturated rings. The second-order valence-corrected chi connectivity index (χ2v) is 3.14. The van der Waals surface area contributed by atoms with Crippen molar-refractivity contribution in [3.05, 3.63) is 29.8 Å². The molecule has 0 spiro atoms. The minimum atomic E-state index is 0. The van der Waals surface area contributed by atoms with Crippen LogP contribution in [0.3, 0.4) is 0 Å². The van der Waals surface area contributed by atoms with Crippen LogP contribution in [0.1, 0.15) is 20.8 Å². The Kier molecular flexibility index (Phi) is 6.74. The molecule has 0 aliphatic carbocycles. The average molecular weight is 234 g/mol. The molecule has 2 heteroatoms. The molecule has 0 amide bonds. The van der Waals surface area contributed by atoms with Gasteiger partial charge in [0.05, 0.1) is 0 Å². The smallest absolute Gasteiger partial charge is 0.285 e. The first-order valence-corrected chi connectivity index (χ1v) is 3.95. The van der Waals surface area contributed by atoms with Gasteiger partial charge in [0.25, 0.3) is 0 Å². The molecule has 1 aliphatic heterocycles. The minimum Gasteiger partial charge on any atom is -0.285 e. The summed E-state index contributed by atoms with van der Waals surface area (Å²) in [5.41, 5.74) is 1.29. The second-order valence-electron chi connectivity index (χ2n) is 3.14. The topological polar surface area (TPSA) is 12.4 Å². The van der Waals surface area contributed by atoms with Crippen molar-refractivity contribution in [3.8, 4) is 0 Å². The third-order valence-electron chi connectivity index (χ3n) is 1.71. The molecule has 1 rings (SSSR count). The molecule has 0 N–H and O–H groups in total. The van der Waals surface area contributed by atoms with Crippen LogP contribution in [0.5, 0.6) is 0 Å². The number of hydrogen-bond acceptors (Lipinski definition) is 1. The van der Waals surface area contributed by atoms with Crippen LogP contribution in [-0.2, 0) is 0 Å². The number of nitrogens with zero attached hydrogens (tertiary/aromatic N) is 1. The van der Waals surface area contributed by atoms with Gasteiger partial charge in [-0.15, -0.1) is 12.5 Å². The van der Waals surface area contributed by atoms with E-state index in [4.69, 9.17) is 0 Å². The SMILES string of the molecule is C[C-]1C=CC(C(C)C)=CN=C1.[Rb+]. The first kappa shape index (κ1) is 12.8. The first-order valence-electron chi connectivity index (χ1n) is 3.95. The van der Waals surface area contributed by atoms with Crippen LogP contribution in [0, 0.1) is 11.8 Å². The molecule has 1 nitrogen and oxygen atoms in total. The minimum absolute atomic E-state index is 0. The number of allylic oxidation sites excluding steroid dienone is 3. The maximum absolute atomic E-state index is 4.17. The van der Waals surface area contributed by atoms with Crippen molar-refractivity contribution in [2.75, 3.05) is 0 Å². The Bertz CT molecular complexity index is 214. The van der Waals surface area contributed by atoms with Gasteiger partial charge in [-0.25, -0.2) is 12.2 Å². The summed E-state index contributed by atoms with van der Waals surface area (Å²) >= 11 is 0. The summed E-state index contributed by atoms with van der Waals surface area (Å²) in [6, 6.07) is 0. The molecule has 0 atom stereocenters. The molecule has 0 saturated carbocycles. The Hall–Kier alpha value is 0.825. The van der Waals surface area contributed by atoms with Gasteiger partial charge in [-0.3, -0.25) is 4.99 Å². The molecule has 0 aromatic heterocycles. The van der Waals surface area contributed by atoms with E-state index in [0.717, 1.165) is 0 Å². The summed E-state index contributed by atoms with van der Waals surface area (Å²) in [7, 11) is 0. The zero-order chi connectivity index (χ0) is 8.27. The van der Waals surface area contributed by atoms with Crippen molar-refractivity contribution >= 4 is 6.21 Å². The van der Waals surface area contributed by atoms with E-state index in [0.29, 0.717) is 5.92 Å². The number of rotatable bonds is 1. The van der Waals surface area contributed by atoms with Crippen molar-refractivity contribution in [1.82, 2.24) is 0 Å². The first-order chi connectivity index (χ1) is 5.20. The summed E-state index contributed by atoms with van der Waals surface area (Å²) in [5.74, 6) is 1.77. The van der Waals surface area contributed by atoms with Gasteiger partial charge in [0.2, 0.25) is 0 Å². The maximum Gasteiger partial charge on any atom is 1.00 e. The van der Waals surface area contributed by atoms with Gasteiger partial charge < -0.3 is 0 Å². The molecule has 1 aliphatic rings. The molecule has 0 radical (unpaired) electrons. The number of hydrogen-bond donors (Lipinski definition) is 0. The summed E-state index contributed by atoms with van der Waals surface area (Å²) < 4.78 is 0. The Balaban J connectivity index is 0.00000121. The Morgan fingerprint density at radius 3 is 2.67 bits per heavy atom. The fraction of sp³-hybridized carbons (Fsp3) is 0.400. The van der Waals surface area contributed by atoms with E-state index >= 15 is 0 Å². The van der Waals surface area contributed by atoms with Gasteiger partial charge in [0.1, 0.15) is 0 Å². The summed E-state index contributed by atoms with van der Waals surface area (Å²) in [6.07, 6.45) is 8.04. The third-order valence-corrected chi connectivity index (χ3v) is 1.71. The van der Waals surface area contributed by atoms with Gasteiger partial charge in [-0.2, -0.15) is 5.92 Å². The fourth-order valence-corrected chi connectivity index (χ4v) is 0.896. The number of aliphatic imine (C=N–C) groups is 1. The van der Waals surface area contributed by atoms with E-state index in [9.17, 15) is 0 Å². The van der Waals surface area contributed by atoms with Gasteiger partial charge in [0, 0.05) is 6.20 Å². The van der Waals surface area contributed by atoms with Crippen LogP contribution in [-0.4, -0.2) is 6.21 Å². The van der Waals surface area contributed by atoms with Gasteiger partial charge in [-0.05, 0) is 5.92 Å². The molecular formula is C10H14NRb. The summed E-state index contributed by atoms with van der Waals surface area (Å²) in [6.45, 7) is 6.40. The molecule has 12 heavy (non-hydrogen) atoms. The van der Waals surface area contributed by atoms with Crippen LogP contribution < -0.4 is 58.2 Å². The van der Waals surface area contributed by atoms with E-state index in [1.54, 1.807) is 0 Å². The molecule has 0 aromatic rings. The standard InChI is InChI=1S/C10H14N.Rb/c1-8(2)10-5-4-9(3)6-11-7-10;/h4-8H,1-3H3;/q-1;+1. The van der Waals surface area contributed by atoms with Crippen LogP contribution in [0.4, 0.5) is 0 Å². The van der Waals surface area contributed by atoms with Crippen molar-refractivity contribution in [1.29, 1.82) is 0 Å². The zero-order valence-electron chi connectivity index (χ0n) is 8.33. The van der Waals surface area contributed by atoms with E-state index < -0.39 is 0 Å². The molecule has 60 valence electrons. The molecule has 0 aromatic carbocycles. The van der Waals surface area contributed by atoms with Crippen molar-refractivity contribution in [3.63, 3.8) is 0 Å². The quantitative estimate of drug-likeness (QED) is 0.555. The molecule has 1 heterocycles. The van der Waals surface area contributed by atoms with E-state index in [1.165, 1.54) is 11.5 Å². The molecule has 0 saturated heterocycles. The fourth-order valence-electron chi connectivity index (χ4n) is 0.896. The molecular weight excluding hydrogens is 220 g/mol. The predicted octanol–water partition coefficient (Wildman–Crippen LogP) is -0.235. The van der Waals surface area contributed by atoms with Gasteiger partial charge in [0.15, 0.2) is 0 Å². The Morgan fingerprint density at radius 2 is 2.08 bits per heavy atom.